The Morgan fingerprint density at radius 3 is 2.25 bits per heavy atom. The third-order valence-electron chi connectivity index (χ3n) is 5.71. The van der Waals surface area contributed by atoms with Crippen LogP contribution in [-0.2, 0) is 0 Å². The lowest BCUT2D eigenvalue weighted by Crippen LogP contribution is -2.18. The molecule has 2 heterocycles. The summed E-state index contributed by atoms with van der Waals surface area (Å²) in [5.41, 5.74) is 3.99. The number of hydrazone groups is 1. The zero-order chi connectivity index (χ0) is 22.1. The lowest BCUT2D eigenvalue weighted by molar-refractivity contribution is 0.174. The minimum absolute atomic E-state index is 0.0495. The topological polar surface area (TPSA) is 61.8 Å². The number of benzene rings is 3. The molecule has 7 nitrogen and oxygen atoms in total. The van der Waals surface area contributed by atoms with E-state index in [1.807, 2.05) is 53.5 Å². The van der Waals surface area contributed by atoms with Gasteiger partial charge in [0, 0.05) is 12.0 Å². The van der Waals surface area contributed by atoms with Gasteiger partial charge in [-0.25, -0.2) is 0 Å². The molecular formula is C25H24N2O5. The van der Waals surface area contributed by atoms with Gasteiger partial charge in [-0.15, -0.1) is 0 Å². The second-order valence-corrected chi connectivity index (χ2v) is 7.47. The molecular weight excluding hydrogens is 408 g/mol. The van der Waals surface area contributed by atoms with Gasteiger partial charge in [-0.3, -0.25) is 5.01 Å². The third-order valence-corrected chi connectivity index (χ3v) is 5.71. The first-order valence-electron chi connectivity index (χ1n) is 10.3. The first kappa shape index (κ1) is 20.1. The number of anilines is 1. The molecule has 0 unspecified atom stereocenters. The van der Waals surface area contributed by atoms with Gasteiger partial charge in [0.1, 0.15) is 0 Å². The lowest BCUT2D eigenvalue weighted by atomic mass is 9.97. The van der Waals surface area contributed by atoms with Crippen molar-refractivity contribution in [2.45, 2.75) is 12.5 Å². The Bertz CT molecular complexity index is 1140. The number of ether oxygens (including phenoxy) is 5. The van der Waals surface area contributed by atoms with Crippen LogP contribution in [0.1, 0.15) is 23.6 Å². The summed E-state index contributed by atoms with van der Waals surface area (Å²) in [5.74, 6) is 3.30. The molecule has 3 aromatic rings. The van der Waals surface area contributed by atoms with Crippen LogP contribution < -0.4 is 28.7 Å². The molecule has 0 saturated carbocycles. The van der Waals surface area contributed by atoms with Gasteiger partial charge < -0.3 is 23.7 Å². The molecule has 7 heteroatoms. The Labute approximate surface area is 186 Å². The molecule has 0 radical (unpaired) electrons. The van der Waals surface area contributed by atoms with Gasteiger partial charge in [0.05, 0.1) is 38.8 Å². The predicted octanol–water partition coefficient (Wildman–Crippen LogP) is 4.80. The Morgan fingerprint density at radius 2 is 1.56 bits per heavy atom. The molecule has 5 rings (SSSR count). The maximum Gasteiger partial charge on any atom is 0.231 e. The van der Waals surface area contributed by atoms with Gasteiger partial charge in [0.15, 0.2) is 23.0 Å². The van der Waals surface area contributed by atoms with Crippen molar-refractivity contribution < 1.29 is 23.7 Å². The van der Waals surface area contributed by atoms with E-state index in [9.17, 15) is 0 Å². The number of rotatable bonds is 6. The number of methoxy groups -OCH3 is 3. The highest BCUT2D eigenvalue weighted by Crippen LogP contribution is 2.44. The van der Waals surface area contributed by atoms with Gasteiger partial charge in [-0.1, -0.05) is 18.2 Å². The lowest BCUT2D eigenvalue weighted by Gasteiger charge is -2.25. The molecule has 2 aliphatic heterocycles. The number of hydrogen-bond acceptors (Lipinski definition) is 7. The third kappa shape index (κ3) is 3.45. The first-order valence-corrected chi connectivity index (χ1v) is 10.3. The van der Waals surface area contributed by atoms with Crippen molar-refractivity contribution in [3.05, 3.63) is 71.8 Å². The molecule has 1 atom stereocenters. The molecule has 0 bridgehead atoms. The van der Waals surface area contributed by atoms with Gasteiger partial charge in [-0.2, -0.15) is 5.10 Å². The van der Waals surface area contributed by atoms with Crippen molar-refractivity contribution in [1.29, 1.82) is 0 Å². The number of para-hydroxylation sites is 1. The van der Waals surface area contributed by atoms with Crippen LogP contribution in [0.3, 0.4) is 0 Å². The van der Waals surface area contributed by atoms with E-state index in [1.54, 1.807) is 21.3 Å². The van der Waals surface area contributed by atoms with E-state index in [2.05, 4.69) is 12.1 Å². The van der Waals surface area contributed by atoms with Gasteiger partial charge in [-0.05, 0) is 48.0 Å². The molecule has 164 valence electrons. The summed E-state index contributed by atoms with van der Waals surface area (Å²) >= 11 is 0. The Hall–Kier alpha value is -3.87. The average Bonchev–Trinajstić information content (AvgIpc) is 3.50. The smallest absolute Gasteiger partial charge is 0.231 e. The molecule has 0 saturated heterocycles. The van der Waals surface area contributed by atoms with Crippen molar-refractivity contribution in [3.8, 4) is 28.7 Å². The monoisotopic (exact) mass is 432 g/mol. The summed E-state index contributed by atoms with van der Waals surface area (Å²) < 4.78 is 27.7. The highest BCUT2D eigenvalue weighted by Gasteiger charge is 2.32. The fourth-order valence-electron chi connectivity index (χ4n) is 4.13. The highest BCUT2D eigenvalue weighted by atomic mass is 16.7. The normalized spacial score (nSPS) is 16.7. The number of nitrogens with zero attached hydrogens (tertiary/aromatic N) is 2. The van der Waals surface area contributed by atoms with E-state index < -0.39 is 0 Å². The SMILES string of the molecule is COc1cc([C@H]2CC(c3ccc4c(c3)OCO4)=NN2c2ccccc2)cc(OC)c1OC. The van der Waals surface area contributed by atoms with Crippen molar-refractivity contribution in [2.75, 3.05) is 33.1 Å². The zero-order valence-corrected chi connectivity index (χ0v) is 18.2. The van der Waals surface area contributed by atoms with Crippen LogP contribution in [0.15, 0.2) is 65.8 Å². The molecule has 0 fully saturated rings. The van der Waals surface area contributed by atoms with Gasteiger partial charge in [0.2, 0.25) is 12.5 Å². The summed E-state index contributed by atoms with van der Waals surface area (Å²) in [7, 11) is 4.85. The first-order chi connectivity index (χ1) is 15.7. The quantitative estimate of drug-likeness (QED) is 0.558. The van der Waals surface area contributed by atoms with Crippen LogP contribution in [0.2, 0.25) is 0 Å². The minimum Gasteiger partial charge on any atom is -0.493 e. The highest BCUT2D eigenvalue weighted by molar-refractivity contribution is 6.03. The van der Waals surface area contributed by atoms with E-state index in [1.165, 1.54) is 0 Å². The Kier molecular flexibility index (Phi) is 5.23. The Balaban J connectivity index is 1.58. The van der Waals surface area contributed by atoms with E-state index in [4.69, 9.17) is 28.8 Å². The van der Waals surface area contributed by atoms with Gasteiger partial charge in [0.25, 0.3) is 0 Å². The zero-order valence-electron chi connectivity index (χ0n) is 18.2. The summed E-state index contributed by atoms with van der Waals surface area (Å²) in [5, 5.41) is 7.05. The molecule has 32 heavy (non-hydrogen) atoms. The summed E-state index contributed by atoms with van der Waals surface area (Å²) in [4.78, 5) is 0. The van der Waals surface area contributed by atoms with E-state index >= 15 is 0 Å². The van der Waals surface area contributed by atoms with Crippen molar-refractivity contribution in [3.63, 3.8) is 0 Å². The summed E-state index contributed by atoms with van der Waals surface area (Å²) in [6.45, 7) is 0.246. The maximum absolute atomic E-state index is 5.59. The Morgan fingerprint density at radius 1 is 0.844 bits per heavy atom. The number of fused-ring (bicyclic) bond motifs is 1. The van der Waals surface area contributed by atoms with E-state index in [0.29, 0.717) is 23.7 Å². The second-order valence-electron chi connectivity index (χ2n) is 7.47. The van der Waals surface area contributed by atoms with Gasteiger partial charge >= 0.3 is 0 Å². The van der Waals surface area contributed by atoms with Crippen molar-refractivity contribution >= 4 is 11.4 Å². The minimum atomic E-state index is -0.0495. The standard InChI is InChI=1S/C25H24N2O5/c1-28-23-12-17(13-24(29-2)25(23)30-3)20-14-19(26-27(20)18-7-5-4-6-8-18)16-9-10-21-22(11-16)32-15-31-21/h4-13,20H,14-15H2,1-3H3/t20-/m1/s1. The van der Waals surface area contributed by atoms with E-state index in [0.717, 1.165) is 34.0 Å². The van der Waals surface area contributed by atoms with Crippen molar-refractivity contribution in [1.82, 2.24) is 0 Å². The predicted molar refractivity (Wildman–Crippen MR) is 121 cm³/mol. The molecule has 0 N–H and O–H groups in total. The maximum atomic E-state index is 5.59. The van der Waals surface area contributed by atoms with E-state index in [-0.39, 0.29) is 12.8 Å². The molecule has 0 aromatic heterocycles. The fraction of sp³-hybridized carbons (Fsp3) is 0.240. The molecule has 0 spiro atoms. The largest absolute Gasteiger partial charge is 0.493 e. The van der Waals surface area contributed by atoms with Crippen LogP contribution in [0.4, 0.5) is 5.69 Å². The van der Waals surface area contributed by atoms with Crippen LogP contribution in [0.5, 0.6) is 28.7 Å². The second kappa shape index (κ2) is 8.34. The summed E-state index contributed by atoms with van der Waals surface area (Å²) in [6.07, 6.45) is 0.702. The van der Waals surface area contributed by atoms with Crippen LogP contribution in [0, 0.1) is 0 Å². The number of hydrogen-bond donors (Lipinski definition) is 0. The molecule has 0 amide bonds. The van der Waals surface area contributed by atoms with Crippen molar-refractivity contribution in [2.24, 2.45) is 5.10 Å². The van der Waals surface area contributed by atoms with Crippen LogP contribution in [-0.4, -0.2) is 33.8 Å². The molecule has 0 aliphatic carbocycles. The van der Waals surface area contributed by atoms with Crippen LogP contribution >= 0.6 is 0 Å². The molecule has 2 aliphatic rings. The molecule has 3 aromatic carbocycles. The average molecular weight is 432 g/mol. The van der Waals surface area contributed by atoms with Crippen LogP contribution in [0.25, 0.3) is 0 Å². The fourth-order valence-corrected chi connectivity index (χ4v) is 4.13. The summed E-state index contributed by atoms with van der Waals surface area (Å²) in [6, 6.07) is 20.0.